The Hall–Kier alpha value is -1.94. The van der Waals surface area contributed by atoms with Crippen LogP contribution in [0.3, 0.4) is 0 Å². The van der Waals surface area contributed by atoms with E-state index in [1.165, 1.54) is 6.07 Å². The van der Waals surface area contributed by atoms with Gasteiger partial charge in [0.25, 0.3) is 0 Å². The number of hydrogen-bond donors (Lipinski definition) is 0. The molecule has 0 saturated carbocycles. The highest BCUT2D eigenvalue weighted by Crippen LogP contribution is 2.26. The van der Waals surface area contributed by atoms with Crippen LogP contribution in [0.5, 0.6) is 0 Å². The molecule has 0 aliphatic carbocycles. The Morgan fingerprint density at radius 2 is 1.89 bits per heavy atom. The molecule has 0 fully saturated rings. The molecule has 0 bridgehead atoms. The summed E-state index contributed by atoms with van der Waals surface area (Å²) in [6, 6.07) is 13.1. The Kier molecular flexibility index (Phi) is 2.95. The molecule has 1 aromatic heterocycles. The van der Waals surface area contributed by atoms with E-state index in [9.17, 15) is 9.00 Å². The summed E-state index contributed by atoms with van der Waals surface area (Å²) in [6.07, 6.45) is 1.63. The number of fused-ring (bicyclic) bond motifs is 3. The van der Waals surface area contributed by atoms with Gasteiger partial charge in [-0.2, -0.15) is 0 Å². The lowest BCUT2D eigenvalue weighted by Crippen LogP contribution is -2.03. The summed E-state index contributed by atoms with van der Waals surface area (Å²) in [4.78, 5) is 11.7. The fraction of sp³-hybridized carbons (Fsp3) is 0.133. The van der Waals surface area contributed by atoms with E-state index in [0.717, 1.165) is 21.7 Å². The molecule has 3 rings (SSSR count). The van der Waals surface area contributed by atoms with Crippen molar-refractivity contribution in [1.29, 1.82) is 0 Å². The molecule has 0 N–H and O–H groups in total. The smallest absolute Gasteiger partial charge is 0.336 e. The number of rotatable bonds is 2. The van der Waals surface area contributed by atoms with Crippen LogP contribution < -0.4 is 5.63 Å². The molecular weight excluding hydrogens is 260 g/mol. The van der Waals surface area contributed by atoms with Crippen molar-refractivity contribution in [1.82, 2.24) is 0 Å². The maximum Gasteiger partial charge on any atom is 0.336 e. The maximum absolute atomic E-state index is 11.7. The van der Waals surface area contributed by atoms with Gasteiger partial charge in [0.15, 0.2) is 0 Å². The second-order valence-corrected chi connectivity index (χ2v) is 5.91. The van der Waals surface area contributed by atoms with Crippen LogP contribution >= 0.6 is 0 Å². The van der Waals surface area contributed by atoms with E-state index in [-0.39, 0.29) is 0 Å². The first-order valence-electron chi connectivity index (χ1n) is 5.89. The van der Waals surface area contributed by atoms with Crippen molar-refractivity contribution in [3.05, 3.63) is 58.4 Å². The molecule has 3 aromatic rings. The third-order valence-electron chi connectivity index (χ3n) is 3.08. The molecule has 19 heavy (non-hydrogen) atoms. The average molecular weight is 272 g/mol. The van der Waals surface area contributed by atoms with Crippen molar-refractivity contribution in [2.24, 2.45) is 0 Å². The fourth-order valence-corrected chi connectivity index (χ4v) is 2.97. The average Bonchev–Trinajstić information content (AvgIpc) is 2.37. The first-order chi connectivity index (χ1) is 9.15. The predicted molar refractivity (Wildman–Crippen MR) is 77.8 cm³/mol. The highest BCUT2D eigenvalue weighted by atomic mass is 32.2. The molecule has 2 aromatic carbocycles. The first-order valence-corrected chi connectivity index (χ1v) is 7.62. The largest absolute Gasteiger partial charge is 0.422 e. The van der Waals surface area contributed by atoms with Crippen LogP contribution in [-0.2, 0) is 16.6 Å². The lowest BCUT2D eigenvalue weighted by molar-refractivity contribution is 0.563. The fourth-order valence-electron chi connectivity index (χ4n) is 2.29. The van der Waals surface area contributed by atoms with Crippen molar-refractivity contribution in [2.75, 3.05) is 6.26 Å². The molecule has 0 spiro atoms. The molecule has 96 valence electrons. The van der Waals surface area contributed by atoms with E-state index in [1.54, 1.807) is 6.26 Å². The van der Waals surface area contributed by atoms with Crippen molar-refractivity contribution in [3.8, 4) is 0 Å². The summed E-state index contributed by atoms with van der Waals surface area (Å²) in [6.45, 7) is 0. The minimum Gasteiger partial charge on any atom is -0.422 e. The molecule has 0 aliphatic heterocycles. The van der Waals surface area contributed by atoms with Crippen LogP contribution in [0.1, 0.15) is 5.56 Å². The van der Waals surface area contributed by atoms with Gasteiger partial charge in [0, 0.05) is 39.6 Å². The van der Waals surface area contributed by atoms with Gasteiger partial charge < -0.3 is 4.42 Å². The van der Waals surface area contributed by atoms with Gasteiger partial charge in [0.05, 0.1) is 0 Å². The van der Waals surface area contributed by atoms with E-state index < -0.39 is 16.4 Å². The minimum atomic E-state index is -0.995. The summed E-state index contributed by atoms with van der Waals surface area (Å²) in [5.41, 5.74) is 0.952. The van der Waals surface area contributed by atoms with Crippen molar-refractivity contribution in [3.63, 3.8) is 0 Å². The van der Waals surface area contributed by atoms with Crippen LogP contribution in [0, 0.1) is 0 Å². The Bertz CT molecular complexity index is 849. The SMILES string of the molecule is CS(=O)Cc1cc(=O)oc2c1ccc1ccccc12. The molecule has 0 saturated heterocycles. The summed E-state index contributed by atoms with van der Waals surface area (Å²) in [7, 11) is -0.995. The quantitative estimate of drug-likeness (QED) is 0.532. The van der Waals surface area contributed by atoms with Gasteiger partial charge in [-0.25, -0.2) is 4.79 Å². The number of benzene rings is 2. The van der Waals surface area contributed by atoms with Crippen molar-refractivity contribution < 1.29 is 8.63 Å². The molecule has 4 heteroatoms. The highest BCUT2D eigenvalue weighted by Gasteiger charge is 2.09. The standard InChI is InChI=1S/C15H12O3S/c1-19(17)9-11-8-14(16)18-15-12-5-3-2-4-10(12)6-7-13(11)15/h2-8H,9H2,1H3. The molecule has 0 aliphatic rings. The van der Waals surface area contributed by atoms with Crippen LogP contribution in [0.4, 0.5) is 0 Å². The molecule has 3 nitrogen and oxygen atoms in total. The summed E-state index contributed by atoms with van der Waals surface area (Å²) in [5, 5.41) is 2.78. The van der Waals surface area contributed by atoms with Gasteiger partial charge in [-0.1, -0.05) is 36.4 Å². The molecule has 1 unspecified atom stereocenters. The Morgan fingerprint density at radius 3 is 2.68 bits per heavy atom. The van der Waals surface area contributed by atoms with E-state index in [2.05, 4.69) is 0 Å². The van der Waals surface area contributed by atoms with E-state index >= 15 is 0 Å². The van der Waals surface area contributed by atoms with Gasteiger partial charge in [-0.15, -0.1) is 0 Å². The van der Waals surface area contributed by atoms with Crippen molar-refractivity contribution >= 4 is 32.5 Å². The molecule has 1 heterocycles. The van der Waals surface area contributed by atoms with Crippen LogP contribution in [0.15, 0.2) is 51.7 Å². The van der Waals surface area contributed by atoms with Crippen LogP contribution in [0.2, 0.25) is 0 Å². The molecular formula is C15H12O3S. The van der Waals surface area contributed by atoms with E-state index in [4.69, 9.17) is 4.42 Å². The lowest BCUT2D eigenvalue weighted by Gasteiger charge is -2.06. The monoisotopic (exact) mass is 272 g/mol. The topological polar surface area (TPSA) is 47.3 Å². The van der Waals surface area contributed by atoms with Gasteiger partial charge in [-0.3, -0.25) is 4.21 Å². The second kappa shape index (κ2) is 4.63. The Labute approximate surface area is 112 Å². The van der Waals surface area contributed by atoms with E-state index in [0.29, 0.717) is 11.3 Å². The van der Waals surface area contributed by atoms with Crippen molar-refractivity contribution in [2.45, 2.75) is 5.75 Å². The predicted octanol–water partition coefficient (Wildman–Crippen LogP) is 2.82. The van der Waals surface area contributed by atoms with Gasteiger partial charge in [0.2, 0.25) is 0 Å². The zero-order chi connectivity index (χ0) is 13.4. The maximum atomic E-state index is 11.7. The van der Waals surface area contributed by atoms with Gasteiger partial charge in [0.1, 0.15) is 5.58 Å². The molecule has 1 atom stereocenters. The zero-order valence-corrected chi connectivity index (χ0v) is 11.2. The lowest BCUT2D eigenvalue weighted by atomic mass is 10.0. The summed E-state index contributed by atoms with van der Waals surface area (Å²) >= 11 is 0. The molecule has 0 amide bonds. The zero-order valence-electron chi connectivity index (χ0n) is 10.4. The first kappa shape index (κ1) is 12.1. The minimum absolute atomic E-state index is 0.362. The number of hydrogen-bond acceptors (Lipinski definition) is 3. The third kappa shape index (κ3) is 2.19. The second-order valence-electron chi connectivity index (χ2n) is 4.47. The Morgan fingerprint density at radius 1 is 1.11 bits per heavy atom. The van der Waals surface area contributed by atoms with Gasteiger partial charge in [-0.05, 0) is 10.9 Å². The normalized spacial score (nSPS) is 12.9. The van der Waals surface area contributed by atoms with Crippen LogP contribution in [0.25, 0.3) is 21.7 Å². The molecule has 0 radical (unpaired) electrons. The van der Waals surface area contributed by atoms with Gasteiger partial charge >= 0.3 is 5.63 Å². The highest BCUT2D eigenvalue weighted by molar-refractivity contribution is 7.83. The van der Waals surface area contributed by atoms with Crippen LogP contribution in [-0.4, -0.2) is 10.5 Å². The Balaban J connectivity index is 2.44. The third-order valence-corrected chi connectivity index (χ3v) is 3.80. The summed E-state index contributed by atoms with van der Waals surface area (Å²) in [5.74, 6) is 0.362. The van der Waals surface area contributed by atoms with E-state index in [1.807, 2.05) is 36.4 Å². The summed E-state index contributed by atoms with van der Waals surface area (Å²) < 4.78 is 16.8.